The highest BCUT2D eigenvalue weighted by atomic mass is 35.5. The van der Waals surface area contributed by atoms with Crippen LogP contribution in [0.25, 0.3) is 10.8 Å². The summed E-state index contributed by atoms with van der Waals surface area (Å²) in [5.41, 5.74) is 0.326. The molecule has 2 aromatic carbocycles. The van der Waals surface area contributed by atoms with Crippen LogP contribution in [0.1, 0.15) is 31.4 Å². The molecule has 2 atom stereocenters. The summed E-state index contributed by atoms with van der Waals surface area (Å²) in [6.45, 7) is 3.02. The van der Waals surface area contributed by atoms with Crippen molar-refractivity contribution in [1.29, 1.82) is 0 Å². The van der Waals surface area contributed by atoms with Crippen molar-refractivity contribution in [3.8, 4) is 0 Å². The molecule has 0 bridgehead atoms. The van der Waals surface area contributed by atoms with Gasteiger partial charge in [0.2, 0.25) is 5.91 Å². The molecule has 2 aromatic rings. The fourth-order valence-electron chi connectivity index (χ4n) is 3.01. The number of benzene rings is 2. The normalized spacial score (nSPS) is 21.7. The van der Waals surface area contributed by atoms with Crippen LogP contribution in [0.2, 0.25) is 0 Å². The molecule has 2 unspecified atom stereocenters. The Labute approximate surface area is 142 Å². The smallest absolute Gasteiger partial charge is 0.240 e. The second kappa shape index (κ2) is 7.30. The third kappa shape index (κ3) is 3.83. The van der Waals surface area contributed by atoms with Crippen molar-refractivity contribution in [1.82, 2.24) is 10.6 Å². The van der Waals surface area contributed by atoms with E-state index in [-0.39, 0.29) is 24.9 Å². The number of carbonyl (C=O) groups excluding carboxylic acids is 1. The van der Waals surface area contributed by atoms with E-state index in [2.05, 4.69) is 10.6 Å². The predicted molar refractivity (Wildman–Crippen MR) is 94.8 cm³/mol. The second-order valence-electron chi connectivity index (χ2n) is 6.19. The molecule has 3 rings (SSSR count). The lowest BCUT2D eigenvalue weighted by molar-refractivity contribution is -0.127. The number of hydrogen-bond acceptors (Lipinski definition) is 3. The number of hydrogen-bond donors (Lipinski definition) is 3. The highest BCUT2D eigenvalue weighted by Crippen LogP contribution is 2.21. The summed E-state index contributed by atoms with van der Waals surface area (Å²) in [4.78, 5) is 12.2. The number of rotatable bonds is 4. The summed E-state index contributed by atoms with van der Waals surface area (Å²) in [6, 6.07) is 13.9. The van der Waals surface area contributed by atoms with Crippen LogP contribution in [0.5, 0.6) is 0 Å². The van der Waals surface area contributed by atoms with E-state index in [1.54, 1.807) is 0 Å². The number of halogens is 1. The minimum atomic E-state index is -0.696. The molecule has 0 saturated carbocycles. The minimum absolute atomic E-state index is 0. The maximum Gasteiger partial charge on any atom is 0.240 e. The molecule has 1 heterocycles. The van der Waals surface area contributed by atoms with Crippen molar-refractivity contribution in [3.63, 3.8) is 0 Å². The first-order valence-electron chi connectivity index (χ1n) is 7.79. The predicted octanol–water partition coefficient (Wildman–Crippen LogP) is 2.55. The fraction of sp³-hybridized carbons (Fsp3) is 0.389. The number of carbonyl (C=O) groups is 1. The molecule has 23 heavy (non-hydrogen) atoms. The van der Waals surface area contributed by atoms with Crippen LogP contribution in [0.3, 0.4) is 0 Å². The summed E-state index contributed by atoms with van der Waals surface area (Å²) >= 11 is 0. The van der Waals surface area contributed by atoms with Gasteiger partial charge >= 0.3 is 0 Å². The number of fused-ring (bicyclic) bond motifs is 1. The van der Waals surface area contributed by atoms with Crippen LogP contribution >= 0.6 is 12.4 Å². The van der Waals surface area contributed by atoms with E-state index < -0.39 is 11.6 Å². The summed E-state index contributed by atoms with van der Waals surface area (Å²) in [7, 11) is 0. The zero-order valence-corrected chi connectivity index (χ0v) is 14.0. The van der Waals surface area contributed by atoms with Crippen LogP contribution in [0.15, 0.2) is 42.5 Å². The molecule has 0 radical (unpaired) electrons. The lowest BCUT2D eigenvalue weighted by Crippen LogP contribution is -2.51. The van der Waals surface area contributed by atoms with Crippen molar-refractivity contribution in [2.75, 3.05) is 13.1 Å². The van der Waals surface area contributed by atoms with E-state index in [1.165, 1.54) is 0 Å². The Balaban J connectivity index is 0.00000192. The van der Waals surface area contributed by atoms with E-state index in [4.69, 9.17) is 0 Å². The topological polar surface area (TPSA) is 61.4 Å². The molecule has 5 heteroatoms. The van der Waals surface area contributed by atoms with Gasteiger partial charge in [0, 0.05) is 6.54 Å². The van der Waals surface area contributed by atoms with Gasteiger partial charge in [-0.25, -0.2) is 0 Å². The number of amides is 1. The highest BCUT2D eigenvalue weighted by molar-refractivity contribution is 5.86. The standard InChI is InChI=1S/C18H22N2O2.ClH/c1-18(9-4-10-20-18)17(22)19-12-16(21)15-8-7-13-5-2-3-6-14(13)11-15;/h2-3,5-8,11,16,20-21H,4,9-10,12H2,1H3,(H,19,22);1H. The van der Waals surface area contributed by atoms with Gasteiger partial charge in [0.15, 0.2) is 0 Å². The highest BCUT2D eigenvalue weighted by Gasteiger charge is 2.35. The van der Waals surface area contributed by atoms with Crippen LogP contribution < -0.4 is 10.6 Å². The van der Waals surface area contributed by atoms with Gasteiger partial charge in [0.05, 0.1) is 11.6 Å². The van der Waals surface area contributed by atoms with Crippen molar-refractivity contribution in [2.24, 2.45) is 0 Å². The Morgan fingerprint density at radius 1 is 1.30 bits per heavy atom. The molecule has 4 nitrogen and oxygen atoms in total. The number of aliphatic hydroxyl groups excluding tert-OH is 1. The van der Waals surface area contributed by atoms with Crippen LogP contribution in [-0.4, -0.2) is 29.6 Å². The van der Waals surface area contributed by atoms with Gasteiger partial charge in [0.25, 0.3) is 0 Å². The first-order chi connectivity index (χ1) is 10.6. The molecule has 0 aromatic heterocycles. The third-order valence-electron chi connectivity index (χ3n) is 4.48. The van der Waals surface area contributed by atoms with Gasteiger partial charge in [-0.3, -0.25) is 4.79 Å². The summed E-state index contributed by atoms with van der Waals surface area (Å²) in [6.07, 6.45) is 1.15. The van der Waals surface area contributed by atoms with Gasteiger partial charge in [-0.05, 0) is 48.7 Å². The Morgan fingerprint density at radius 2 is 2.04 bits per heavy atom. The van der Waals surface area contributed by atoms with E-state index >= 15 is 0 Å². The number of aliphatic hydroxyl groups is 1. The van der Waals surface area contributed by atoms with Gasteiger partial charge in [-0.15, -0.1) is 12.4 Å². The average molecular weight is 335 g/mol. The Bertz CT molecular complexity index is 684. The quantitative estimate of drug-likeness (QED) is 0.805. The maximum absolute atomic E-state index is 12.2. The van der Waals surface area contributed by atoms with Crippen LogP contribution in [-0.2, 0) is 4.79 Å². The molecule has 0 aliphatic carbocycles. The molecule has 3 N–H and O–H groups in total. The first-order valence-corrected chi connectivity index (χ1v) is 7.79. The molecule has 1 fully saturated rings. The summed E-state index contributed by atoms with van der Waals surface area (Å²) in [5.74, 6) is -0.0372. The lowest BCUT2D eigenvalue weighted by atomic mass is 9.99. The molecule has 124 valence electrons. The summed E-state index contributed by atoms with van der Waals surface area (Å²) < 4.78 is 0. The van der Waals surface area contributed by atoms with E-state index in [9.17, 15) is 9.90 Å². The Morgan fingerprint density at radius 3 is 2.74 bits per heavy atom. The van der Waals surface area contributed by atoms with Gasteiger partial charge in [-0.1, -0.05) is 36.4 Å². The van der Waals surface area contributed by atoms with Crippen LogP contribution in [0, 0.1) is 0 Å². The largest absolute Gasteiger partial charge is 0.387 e. The monoisotopic (exact) mass is 334 g/mol. The van der Waals surface area contributed by atoms with Gasteiger partial charge < -0.3 is 15.7 Å². The van der Waals surface area contributed by atoms with Crippen molar-refractivity contribution < 1.29 is 9.90 Å². The molecular formula is C18H23ClN2O2. The molecule has 1 saturated heterocycles. The average Bonchev–Trinajstić information content (AvgIpc) is 2.99. The minimum Gasteiger partial charge on any atom is -0.387 e. The number of nitrogens with one attached hydrogen (secondary N) is 2. The molecular weight excluding hydrogens is 312 g/mol. The van der Waals surface area contributed by atoms with E-state index in [1.807, 2.05) is 49.4 Å². The Hall–Kier alpha value is -1.62. The third-order valence-corrected chi connectivity index (χ3v) is 4.48. The van der Waals surface area contributed by atoms with Crippen molar-refractivity contribution in [3.05, 3.63) is 48.0 Å². The Kier molecular flexibility index (Phi) is 5.63. The fourth-order valence-corrected chi connectivity index (χ4v) is 3.01. The van der Waals surface area contributed by atoms with Gasteiger partial charge in [0.1, 0.15) is 0 Å². The van der Waals surface area contributed by atoms with Gasteiger partial charge in [-0.2, -0.15) is 0 Å². The molecule has 0 spiro atoms. The molecule has 1 amide bonds. The summed E-state index contributed by atoms with van der Waals surface area (Å²) in [5, 5.41) is 18.6. The second-order valence-corrected chi connectivity index (χ2v) is 6.19. The first kappa shape index (κ1) is 17.7. The SMILES string of the molecule is CC1(C(=O)NCC(O)c2ccc3ccccc3c2)CCCN1.Cl. The zero-order valence-electron chi connectivity index (χ0n) is 13.2. The molecule has 1 aliphatic heterocycles. The van der Waals surface area contributed by atoms with E-state index in [0.29, 0.717) is 0 Å². The van der Waals surface area contributed by atoms with E-state index in [0.717, 1.165) is 35.7 Å². The zero-order chi connectivity index (χ0) is 15.6. The lowest BCUT2D eigenvalue weighted by Gasteiger charge is -2.24. The maximum atomic E-state index is 12.2. The van der Waals surface area contributed by atoms with Crippen molar-refractivity contribution >= 4 is 29.1 Å². The van der Waals surface area contributed by atoms with Crippen LogP contribution in [0.4, 0.5) is 0 Å². The molecule has 1 aliphatic rings. The van der Waals surface area contributed by atoms with Crippen molar-refractivity contribution in [2.45, 2.75) is 31.4 Å².